The molecule has 2 fully saturated rings. The van der Waals surface area contributed by atoms with Gasteiger partial charge in [-0.15, -0.1) is 0 Å². The van der Waals surface area contributed by atoms with Crippen LogP contribution in [0.5, 0.6) is 0 Å². The highest BCUT2D eigenvalue weighted by Gasteiger charge is 2.37. The van der Waals surface area contributed by atoms with Crippen LogP contribution in [0, 0.1) is 5.92 Å². The molecule has 3 atom stereocenters. The van der Waals surface area contributed by atoms with Gasteiger partial charge in [0.1, 0.15) is 5.82 Å². The molecule has 1 aliphatic carbocycles. The number of urea groups is 1. The molecule has 3 heterocycles. The van der Waals surface area contributed by atoms with Crippen LogP contribution in [-0.2, 0) is 6.54 Å². The van der Waals surface area contributed by atoms with Crippen molar-refractivity contribution in [3.63, 3.8) is 0 Å². The standard InChI is InChI=1S/C17H26N4O/c22-17(21-10-3-5-13-4-1-7-15(13)21)19-12-14-6-2-9-20-11-8-18-16(14)20/h8,11,13-15H,1-7,9-10,12H2,(H,19,22). The van der Waals surface area contributed by atoms with Crippen molar-refractivity contribution in [3.05, 3.63) is 18.2 Å². The highest BCUT2D eigenvalue weighted by atomic mass is 16.2. The molecule has 5 nitrogen and oxygen atoms in total. The second-order valence-corrected chi connectivity index (χ2v) is 7.10. The fourth-order valence-corrected chi connectivity index (χ4v) is 4.72. The number of fused-ring (bicyclic) bond motifs is 2. The number of hydrogen-bond acceptors (Lipinski definition) is 2. The van der Waals surface area contributed by atoms with Crippen molar-refractivity contribution in [2.75, 3.05) is 13.1 Å². The van der Waals surface area contributed by atoms with E-state index in [1.54, 1.807) is 0 Å². The molecule has 3 unspecified atom stereocenters. The number of rotatable bonds is 2. The number of amides is 2. The molecule has 0 spiro atoms. The summed E-state index contributed by atoms with van der Waals surface area (Å²) in [6.45, 7) is 2.73. The Morgan fingerprint density at radius 2 is 2.05 bits per heavy atom. The third-order valence-corrected chi connectivity index (χ3v) is 5.82. The van der Waals surface area contributed by atoms with Crippen LogP contribution >= 0.6 is 0 Å². The highest BCUT2D eigenvalue weighted by molar-refractivity contribution is 5.74. The van der Waals surface area contributed by atoms with Crippen molar-refractivity contribution < 1.29 is 4.79 Å². The van der Waals surface area contributed by atoms with Gasteiger partial charge < -0.3 is 14.8 Å². The van der Waals surface area contributed by atoms with Crippen LogP contribution in [0.4, 0.5) is 4.79 Å². The molecular weight excluding hydrogens is 276 g/mol. The molecule has 1 saturated carbocycles. The van der Waals surface area contributed by atoms with Crippen LogP contribution in [0.1, 0.15) is 56.7 Å². The average Bonchev–Trinajstić information content (AvgIpc) is 3.20. The second-order valence-electron chi connectivity index (χ2n) is 7.10. The Bertz CT molecular complexity index is 541. The number of nitrogens with one attached hydrogen (secondary N) is 1. The Morgan fingerprint density at radius 1 is 1.18 bits per heavy atom. The molecule has 1 aromatic heterocycles. The van der Waals surface area contributed by atoms with E-state index in [2.05, 4.69) is 26.0 Å². The predicted molar refractivity (Wildman–Crippen MR) is 84.7 cm³/mol. The van der Waals surface area contributed by atoms with Crippen molar-refractivity contribution in [1.82, 2.24) is 19.8 Å². The first kappa shape index (κ1) is 14.1. The maximum Gasteiger partial charge on any atom is 0.317 e. The highest BCUT2D eigenvalue weighted by Crippen LogP contribution is 2.36. The SMILES string of the molecule is O=C(NCC1CCCn2ccnc21)N1CCCC2CCCC21. The number of carbonyl (C=O) groups excluding carboxylic acids is 1. The van der Waals surface area contributed by atoms with Gasteiger partial charge in [0.05, 0.1) is 0 Å². The zero-order valence-corrected chi connectivity index (χ0v) is 13.2. The molecule has 1 saturated heterocycles. The monoisotopic (exact) mass is 302 g/mol. The third-order valence-electron chi connectivity index (χ3n) is 5.82. The number of aryl methyl sites for hydroxylation is 1. The summed E-state index contributed by atoms with van der Waals surface area (Å²) >= 11 is 0. The van der Waals surface area contributed by atoms with Crippen LogP contribution in [0.2, 0.25) is 0 Å². The van der Waals surface area contributed by atoms with E-state index in [0.29, 0.717) is 12.0 Å². The summed E-state index contributed by atoms with van der Waals surface area (Å²) in [6.07, 6.45) is 12.5. The number of carbonyl (C=O) groups is 1. The fraction of sp³-hybridized carbons (Fsp3) is 0.765. The lowest BCUT2D eigenvalue weighted by molar-refractivity contribution is 0.128. The summed E-state index contributed by atoms with van der Waals surface area (Å²) in [5, 5.41) is 3.20. The van der Waals surface area contributed by atoms with E-state index >= 15 is 0 Å². The number of likely N-dealkylation sites (tertiary alicyclic amines) is 1. The Labute approximate surface area is 132 Å². The summed E-state index contributed by atoms with van der Waals surface area (Å²) in [4.78, 5) is 19.2. The maximum absolute atomic E-state index is 12.6. The van der Waals surface area contributed by atoms with Crippen molar-refractivity contribution in [1.29, 1.82) is 0 Å². The Hall–Kier alpha value is -1.52. The quantitative estimate of drug-likeness (QED) is 0.913. The first-order chi connectivity index (χ1) is 10.8. The van der Waals surface area contributed by atoms with Crippen LogP contribution in [0.3, 0.4) is 0 Å². The number of nitrogens with zero attached hydrogens (tertiary/aromatic N) is 3. The van der Waals surface area contributed by atoms with Crippen molar-refractivity contribution in [2.45, 2.75) is 63.5 Å². The lowest BCUT2D eigenvalue weighted by Gasteiger charge is -2.38. The van der Waals surface area contributed by atoms with Crippen LogP contribution < -0.4 is 5.32 Å². The van der Waals surface area contributed by atoms with Gasteiger partial charge in [0.15, 0.2) is 0 Å². The lowest BCUT2D eigenvalue weighted by atomic mass is 9.92. The van der Waals surface area contributed by atoms with Gasteiger partial charge in [0, 0.05) is 44.0 Å². The molecular formula is C17H26N4O. The number of piperidine rings is 1. The molecule has 1 aromatic rings. The number of hydrogen-bond donors (Lipinski definition) is 1. The minimum atomic E-state index is 0.153. The molecule has 0 radical (unpaired) electrons. The minimum Gasteiger partial charge on any atom is -0.337 e. The molecule has 120 valence electrons. The van der Waals surface area contributed by atoms with E-state index in [-0.39, 0.29) is 6.03 Å². The normalized spacial score (nSPS) is 30.7. The van der Waals surface area contributed by atoms with Crippen molar-refractivity contribution in [2.24, 2.45) is 5.92 Å². The lowest BCUT2D eigenvalue weighted by Crippen LogP contribution is -2.51. The topological polar surface area (TPSA) is 50.2 Å². The molecule has 0 aromatic carbocycles. The molecule has 5 heteroatoms. The summed E-state index contributed by atoms with van der Waals surface area (Å²) < 4.78 is 2.23. The van der Waals surface area contributed by atoms with E-state index in [1.165, 1.54) is 38.5 Å². The first-order valence-electron chi connectivity index (χ1n) is 8.88. The van der Waals surface area contributed by atoms with Gasteiger partial charge in [0.2, 0.25) is 0 Å². The Morgan fingerprint density at radius 3 is 3.00 bits per heavy atom. The molecule has 22 heavy (non-hydrogen) atoms. The van der Waals surface area contributed by atoms with Gasteiger partial charge in [-0.25, -0.2) is 9.78 Å². The van der Waals surface area contributed by atoms with Crippen LogP contribution in [-0.4, -0.2) is 39.6 Å². The van der Waals surface area contributed by atoms with Gasteiger partial charge in [-0.05, 0) is 44.4 Å². The van der Waals surface area contributed by atoms with E-state index in [0.717, 1.165) is 37.8 Å². The Kier molecular flexibility index (Phi) is 3.80. The van der Waals surface area contributed by atoms with Crippen molar-refractivity contribution in [3.8, 4) is 0 Å². The van der Waals surface area contributed by atoms with Gasteiger partial charge in [-0.2, -0.15) is 0 Å². The van der Waals surface area contributed by atoms with E-state index < -0.39 is 0 Å². The predicted octanol–water partition coefficient (Wildman–Crippen LogP) is 2.73. The van der Waals surface area contributed by atoms with Gasteiger partial charge in [-0.1, -0.05) is 6.42 Å². The summed E-state index contributed by atoms with van der Waals surface area (Å²) in [7, 11) is 0. The van der Waals surface area contributed by atoms with E-state index in [1.807, 2.05) is 6.20 Å². The number of aromatic nitrogens is 2. The van der Waals surface area contributed by atoms with Crippen LogP contribution in [0.15, 0.2) is 12.4 Å². The van der Waals surface area contributed by atoms with E-state index in [9.17, 15) is 4.79 Å². The third kappa shape index (κ3) is 2.50. The van der Waals surface area contributed by atoms with Crippen molar-refractivity contribution >= 4 is 6.03 Å². The summed E-state index contributed by atoms with van der Waals surface area (Å²) in [5.74, 6) is 2.27. The molecule has 0 bridgehead atoms. The molecule has 3 aliphatic rings. The molecule has 1 N–H and O–H groups in total. The van der Waals surface area contributed by atoms with E-state index in [4.69, 9.17) is 0 Å². The largest absolute Gasteiger partial charge is 0.337 e. The molecule has 2 aliphatic heterocycles. The van der Waals surface area contributed by atoms with Gasteiger partial charge >= 0.3 is 6.03 Å². The molecule has 2 amide bonds. The van der Waals surface area contributed by atoms with Gasteiger partial charge in [0.25, 0.3) is 0 Å². The zero-order valence-electron chi connectivity index (χ0n) is 13.2. The minimum absolute atomic E-state index is 0.153. The number of imidazole rings is 1. The average molecular weight is 302 g/mol. The van der Waals surface area contributed by atoms with Gasteiger partial charge in [-0.3, -0.25) is 0 Å². The fourth-order valence-electron chi connectivity index (χ4n) is 4.72. The zero-order chi connectivity index (χ0) is 14.9. The van der Waals surface area contributed by atoms with Crippen LogP contribution in [0.25, 0.3) is 0 Å². The maximum atomic E-state index is 12.6. The Balaban J connectivity index is 1.37. The smallest absolute Gasteiger partial charge is 0.317 e. The summed E-state index contributed by atoms with van der Waals surface area (Å²) in [5.41, 5.74) is 0. The second kappa shape index (κ2) is 5.94. The summed E-state index contributed by atoms with van der Waals surface area (Å²) in [6, 6.07) is 0.655. The molecule has 4 rings (SSSR count). The first-order valence-corrected chi connectivity index (χ1v) is 8.88.